The minimum absolute atomic E-state index is 0.00531. The van der Waals surface area contributed by atoms with Crippen molar-refractivity contribution in [2.24, 2.45) is 0 Å². The maximum absolute atomic E-state index is 5.64. The van der Waals surface area contributed by atoms with E-state index in [0.29, 0.717) is 12.5 Å². The molecule has 1 fully saturated rings. The van der Waals surface area contributed by atoms with Gasteiger partial charge in [-0.25, -0.2) is 0 Å². The molecule has 1 aliphatic rings. The molecule has 3 unspecified atom stereocenters. The molecule has 0 radical (unpaired) electrons. The lowest BCUT2D eigenvalue weighted by Crippen LogP contribution is -2.40. The average Bonchev–Trinajstić information content (AvgIpc) is 2.47. The van der Waals surface area contributed by atoms with E-state index >= 15 is 0 Å². The van der Waals surface area contributed by atoms with Crippen LogP contribution in [0.3, 0.4) is 0 Å². The average molecular weight is 195 g/mol. The molecule has 0 N–H and O–H groups in total. The van der Waals surface area contributed by atoms with E-state index in [4.69, 9.17) is 25.8 Å². The van der Waals surface area contributed by atoms with Crippen LogP contribution >= 0.6 is 11.6 Å². The molecule has 0 aliphatic carbocycles. The molecule has 0 amide bonds. The zero-order chi connectivity index (χ0) is 9.19. The van der Waals surface area contributed by atoms with Crippen LogP contribution in [0.1, 0.15) is 13.8 Å². The molecule has 12 heavy (non-hydrogen) atoms. The van der Waals surface area contributed by atoms with E-state index in [0.717, 1.165) is 0 Å². The molecule has 72 valence electrons. The fourth-order valence-electron chi connectivity index (χ4n) is 1.16. The summed E-state index contributed by atoms with van der Waals surface area (Å²) in [6.07, 6.45) is -0.0833. The third-order valence-electron chi connectivity index (χ3n) is 2.22. The molecule has 0 bridgehead atoms. The Labute approximate surface area is 77.9 Å². The van der Waals surface area contributed by atoms with Gasteiger partial charge in [0.1, 0.15) is 6.10 Å². The number of halogens is 1. The van der Waals surface area contributed by atoms with E-state index in [1.165, 1.54) is 0 Å². The first-order valence-corrected chi connectivity index (χ1v) is 4.56. The standard InChI is InChI=1S/C8H15ClO3/c1-6(10-3)8(2)11-5-7(4-9)12-8/h6-7H,4-5H2,1-3H3. The Hall–Kier alpha value is 0.170. The molecule has 0 aromatic heterocycles. The number of alkyl halides is 1. The summed E-state index contributed by atoms with van der Waals surface area (Å²) in [5, 5.41) is 0. The molecule has 0 spiro atoms. The van der Waals surface area contributed by atoms with Crippen LogP contribution in [0, 0.1) is 0 Å². The monoisotopic (exact) mass is 194 g/mol. The largest absolute Gasteiger partial charge is 0.376 e. The van der Waals surface area contributed by atoms with Gasteiger partial charge < -0.3 is 14.2 Å². The van der Waals surface area contributed by atoms with Crippen molar-refractivity contribution in [1.29, 1.82) is 0 Å². The lowest BCUT2D eigenvalue weighted by atomic mass is 10.2. The van der Waals surface area contributed by atoms with Gasteiger partial charge in [-0.1, -0.05) is 0 Å². The summed E-state index contributed by atoms with van der Waals surface area (Å²) in [6.45, 7) is 4.33. The van der Waals surface area contributed by atoms with Crippen LogP contribution in [0.4, 0.5) is 0 Å². The van der Waals surface area contributed by atoms with Crippen LogP contribution in [0.2, 0.25) is 0 Å². The predicted octanol–water partition coefficient (Wildman–Crippen LogP) is 1.39. The lowest BCUT2D eigenvalue weighted by molar-refractivity contribution is -0.216. The maximum Gasteiger partial charge on any atom is 0.192 e. The van der Waals surface area contributed by atoms with Gasteiger partial charge in [-0.2, -0.15) is 0 Å². The van der Waals surface area contributed by atoms with Crippen molar-refractivity contribution in [2.45, 2.75) is 31.8 Å². The van der Waals surface area contributed by atoms with E-state index in [2.05, 4.69) is 0 Å². The van der Waals surface area contributed by atoms with Crippen molar-refractivity contribution in [3.8, 4) is 0 Å². The highest BCUT2D eigenvalue weighted by molar-refractivity contribution is 6.18. The first-order valence-electron chi connectivity index (χ1n) is 4.03. The topological polar surface area (TPSA) is 27.7 Å². The van der Waals surface area contributed by atoms with Crippen molar-refractivity contribution in [2.75, 3.05) is 19.6 Å². The summed E-state index contributed by atoms with van der Waals surface area (Å²) < 4.78 is 16.2. The fraction of sp³-hybridized carbons (Fsp3) is 1.00. The fourth-order valence-corrected chi connectivity index (χ4v) is 1.31. The first kappa shape index (κ1) is 10.3. The Morgan fingerprint density at radius 2 is 2.42 bits per heavy atom. The highest BCUT2D eigenvalue weighted by atomic mass is 35.5. The van der Waals surface area contributed by atoms with Gasteiger partial charge in [0.25, 0.3) is 0 Å². The van der Waals surface area contributed by atoms with Crippen molar-refractivity contribution < 1.29 is 14.2 Å². The third kappa shape index (κ3) is 1.91. The normalized spacial score (nSPS) is 38.5. The Kier molecular flexibility index (Phi) is 3.35. The zero-order valence-electron chi connectivity index (χ0n) is 7.67. The Morgan fingerprint density at radius 3 is 2.83 bits per heavy atom. The summed E-state index contributed by atoms with van der Waals surface area (Å²) in [5.74, 6) is -0.166. The van der Waals surface area contributed by atoms with Crippen LogP contribution in [0.25, 0.3) is 0 Å². The molecule has 0 aromatic carbocycles. The minimum Gasteiger partial charge on any atom is -0.376 e. The lowest BCUT2D eigenvalue weighted by Gasteiger charge is -2.28. The van der Waals surface area contributed by atoms with Crippen LogP contribution in [0.15, 0.2) is 0 Å². The highest BCUT2D eigenvalue weighted by Crippen LogP contribution is 2.28. The SMILES string of the molecule is COC(C)C1(C)OCC(CCl)O1. The summed E-state index contributed by atoms with van der Waals surface area (Å²) in [7, 11) is 1.64. The second-order valence-corrected chi connectivity index (χ2v) is 3.41. The number of ether oxygens (including phenoxy) is 3. The van der Waals surface area contributed by atoms with E-state index in [-0.39, 0.29) is 12.2 Å². The molecule has 1 heterocycles. The molecular formula is C8H15ClO3. The Bertz CT molecular complexity index is 153. The smallest absolute Gasteiger partial charge is 0.192 e. The van der Waals surface area contributed by atoms with Gasteiger partial charge in [-0.3, -0.25) is 0 Å². The van der Waals surface area contributed by atoms with Crippen molar-refractivity contribution in [3.05, 3.63) is 0 Å². The van der Waals surface area contributed by atoms with Gasteiger partial charge in [-0.15, -0.1) is 11.6 Å². The predicted molar refractivity (Wildman–Crippen MR) is 46.4 cm³/mol. The van der Waals surface area contributed by atoms with Gasteiger partial charge in [0, 0.05) is 7.11 Å². The van der Waals surface area contributed by atoms with Gasteiger partial charge in [0.15, 0.2) is 5.79 Å². The molecule has 0 saturated carbocycles. The van der Waals surface area contributed by atoms with Crippen molar-refractivity contribution in [1.82, 2.24) is 0 Å². The van der Waals surface area contributed by atoms with E-state index in [1.807, 2.05) is 13.8 Å². The maximum atomic E-state index is 5.64. The Morgan fingerprint density at radius 1 is 1.75 bits per heavy atom. The molecule has 1 rings (SSSR count). The molecule has 1 saturated heterocycles. The van der Waals surface area contributed by atoms with Gasteiger partial charge in [-0.05, 0) is 13.8 Å². The third-order valence-corrected chi connectivity index (χ3v) is 2.56. The van der Waals surface area contributed by atoms with Crippen LogP contribution in [-0.2, 0) is 14.2 Å². The number of hydrogen-bond donors (Lipinski definition) is 0. The van der Waals surface area contributed by atoms with E-state index in [1.54, 1.807) is 7.11 Å². The summed E-state index contributed by atoms with van der Waals surface area (Å²) in [4.78, 5) is 0. The molecular weight excluding hydrogens is 180 g/mol. The summed E-state index contributed by atoms with van der Waals surface area (Å²) in [5.41, 5.74) is 0. The Balaban J connectivity index is 2.51. The second-order valence-electron chi connectivity index (χ2n) is 3.10. The minimum atomic E-state index is -0.631. The van der Waals surface area contributed by atoms with Crippen LogP contribution in [-0.4, -0.2) is 37.6 Å². The van der Waals surface area contributed by atoms with Crippen LogP contribution < -0.4 is 0 Å². The molecule has 0 aromatic rings. The molecule has 4 heteroatoms. The van der Waals surface area contributed by atoms with Crippen molar-refractivity contribution in [3.63, 3.8) is 0 Å². The van der Waals surface area contributed by atoms with Gasteiger partial charge in [0.2, 0.25) is 0 Å². The number of hydrogen-bond acceptors (Lipinski definition) is 3. The second kappa shape index (κ2) is 3.92. The van der Waals surface area contributed by atoms with Crippen molar-refractivity contribution >= 4 is 11.6 Å². The van der Waals surface area contributed by atoms with Gasteiger partial charge >= 0.3 is 0 Å². The number of methoxy groups -OCH3 is 1. The van der Waals surface area contributed by atoms with Crippen LogP contribution in [0.5, 0.6) is 0 Å². The van der Waals surface area contributed by atoms with E-state index < -0.39 is 5.79 Å². The zero-order valence-corrected chi connectivity index (χ0v) is 8.43. The summed E-state index contributed by atoms with van der Waals surface area (Å²) in [6, 6.07) is 0. The highest BCUT2D eigenvalue weighted by Gasteiger charge is 2.41. The quantitative estimate of drug-likeness (QED) is 0.636. The molecule has 3 atom stereocenters. The molecule has 3 nitrogen and oxygen atoms in total. The van der Waals surface area contributed by atoms with E-state index in [9.17, 15) is 0 Å². The van der Waals surface area contributed by atoms with Gasteiger partial charge in [0.05, 0.1) is 18.6 Å². The summed E-state index contributed by atoms with van der Waals surface area (Å²) >= 11 is 5.64. The molecule has 1 aliphatic heterocycles. The first-order chi connectivity index (χ1) is 5.62. The number of rotatable bonds is 3.